The molecular formula is C12H11BrN2O. The number of nitrogens with zero attached hydrogens (tertiary/aromatic N) is 2. The molecule has 82 valence electrons. The molecule has 2 aromatic rings. The van der Waals surface area contributed by atoms with Crippen LogP contribution in [0.2, 0.25) is 0 Å². The Morgan fingerprint density at radius 3 is 2.88 bits per heavy atom. The zero-order valence-corrected chi connectivity index (χ0v) is 10.4. The summed E-state index contributed by atoms with van der Waals surface area (Å²) in [6.07, 6.45) is 1.71. The quantitative estimate of drug-likeness (QED) is 0.810. The Morgan fingerprint density at radius 1 is 1.25 bits per heavy atom. The second kappa shape index (κ2) is 5.07. The Balaban J connectivity index is 2.05. The molecule has 0 aliphatic rings. The van der Waals surface area contributed by atoms with E-state index < -0.39 is 0 Å². The Hall–Kier alpha value is -1.42. The molecule has 3 nitrogen and oxygen atoms in total. The highest BCUT2D eigenvalue weighted by atomic mass is 79.9. The van der Waals surface area contributed by atoms with Crippen molar-refractivity contribution < 1.29 is 4.74 Å². The zero-order valence-electron chi connectivity index (χ0n) is 8.85. The monoisotopic (exact) mass is 278 g/mol. The first-order valence-electron chi connectivity index (χ1n) is 4.91. The van der Waals surface area contributed by atoms with Gasteiger partial charge in [0, 0.05) is 11.9 Å². The normalized spacial score (nSPS) is 10.1. The van der Waals surface area contributed by atoms with Crippen molar-refractivity contribution in [3.63, 3.8) is 0 Å². The van der Waals surface area contributed by atoms with Gasteiger partial charge in [-0.05, 0) is 47.1 Å². The molecule has 4 heteroatoms. The van der Waals surface area contributed by atoms with E-state index in [4.69, 9.17) is 4.74 Å². The molecule has 2 heterocycles. The van der Waals surface area contributed by atoms with Crippen molar-refractivity contribution in [1.29, 1.82) is 0 Å². The van der Waals surface area contributed by atoms with Crippen LogP contribution in [-0.4, -0.2) is 9.97 Å². The summed E-state index contributed by atoms with van der Waals surface area (Å²) in [7, 11) is 0. The fourth-order valence-corrected chi connectivity index (χ4v) is 1.68. The first-order valence-corrected chi connectivity index (χ1v) is 5.71. The highest BCUT2D eigenvalue weighted by molar-refractivity contribution is 9.10. The van der Waals surface area contributed by atoms with Gasteiger partial charge in [-0.1, -0.05) is 6.07 Å². The highest BCUT2D eigenvalue weighted by Crippen LogP contribution is 2.21. The summed E-state index contributed by atoms with van der Waals surface area (Å²) in [6, 6.07) is 9.58. The second-order valence-electron chi connectivity index (χ2n) is 3.35. The first kappa shape index (κ1) is 11.1. The number of rotatable bonds is 3. The average molecular weight is 279 g/mol. The molecule has 16 heavy (non-hydrogen) atoms. The number of halogens is 1. The standard InChI is InChI=1S/C12H11BrN2O/c1-9-4-2-5-10(15-9)8-16-11-6-3-7-14-12(11)13/h2-7H,8H2,1H3. The molecule has 0 bridgehead atoms. The summed E-state index contributed by atoms with van der Waals surface area (Å²) in [5, 5.41) is 0. The molecule has 0 aliphatic heterocycles. The Bertz CT molecular complexity index is 488. The van der Waals surface area contributed by atoms with Gasteiger partial charge in [-0.25, -0.2) is 4.98 Å². The molecule has 0 spiro atoms. The number of ether oxygens (including phenoxy) is 1. The van der Waals surface area contributed by atoms with Crippen LogP contribution in [0.4, 0.5) is 0 Å². The maximum atomic E-state index is 5.61. The van der Waals surface area contributed by atoms with Crippen LogP contribution in [0.25, 0.3) is 0 Å². The molecule has 0 saturated heterocycles. The Labute approximate surface area is 103 Å². The average Bonchev–Trinajstić information content (AvgIpc) is 2.28. The van der Waals surface area contributed by atoms with E-state index in [1.54, 1.807) is 6.20 Å². The van der Waals surface area contributed by atoms with Gasteiger partial charge >= 0.3 is 0 Å². The van der Waals surface area contributed by atoms with E-state index in [0.29, 0.717) is 11.2 Å². The van der Waals surface area contributed by atoms with E-state index in [1.165, 1.54) is 0 Å². The Morgan fingerprint density at radius 2 is 2.12 bits per heavy atom. The molecule has 2 aromatic heterocycles. The number of hydrogen-bond acceptors (Lipinski definition) is 3. The first-order chi connectivity index (χ1) is 7.75. The summed E-state index contributed by atoms with van der Waals surface area (Å²) in [5.41, 5.74) is 1.90. The molecular weight excluding hydrogens is 268 g/mol. The van der Waals surface area contributed by atoms with Crippen molar-refractivity contribution in [2.45, 2.75) is 13.5 Å². The fourth-order valence-electron chi connectivity index (χ4n) is 1.31. The lowest BCUT2D eigenvalue weighted by molar-refractivity contribution is 0.297. The van der Waals surface area contributed by atoms with Crippen molar-refractivity contribution in [3.8, 4) is 5.75 Å². The van der Waals surface area contributed by atoms with E-state index in [-0.39, 0.29) is 0 Å². The minimum atomic E-state index is 0.450. The summed E-state index contributed by atoms with van der Waals surface area (Å²) in [4.78, 5) is 8.44. The largest absolute Gasteiger partial charge is 0.484 e. The molecule has 0 amide bonds. The number of aromatic nitrogens is 2. The third kappa shape index (κ3) is 2.79. The van der Waals surface area contributed by atoms with Crippen LogP contribution in [0.3, 0.4) is 0 Å². The van der Waals surface area contributed by atoms with Crippen molar-refractivity contribution in [3.05, 3.63) is 52.5 Å². The van der Waals surface area contributed by atoms with Crippen molar-refractivity contribution in [1.82, 2.24) is 9.97 Å². The maximum Gasteiger partial charge on any atom is 0.152 e. The van der Waals surface area contributed by atoms with Crippen LogP contribution in [0, 0.1) is 6.92 Å². The SMILES string of the molecule is Cc1cccc(COc2cccnc2Br)n1. The summed E-state index contributed by atoms with van der Waals surface area (Å²) < 4.78 is 6.32. The summed E-state index contributed by atoms with van der Waals surface area (Å²) >= 11 is 3.33. The maximum absolute atomic E-state index is 5.61. The minimum absolute atomic E-state index is 0.450. The van der Waals surface area contributed by atoms with Crippen LogP contribution < -0.4 is 4.74 Å². The number of aryl methyl sites for hydroxylation is 1. The molecule has 0 unspecified atom stereocenters. The lowest BCUT2D eigenvalue weighted by Gasteiger charge is -2.06. The predicted molar refractivity (Wildman–Crippen MR) is 65.2 cm³/mol. The van der Waals surface area contributed by atoms with E-state index in [0.717, 1.165) is 17.1 Å². The van der Waals surface area contributed by atoms with Crippen molar-refractivity contribution >= 4 is 15.9 Å². The van der Waals surface area contributed by atoms with E-state index >= 15 is 0 Å². The molecule has 0 N–H and O–H groups in total. The number of hydrogen-bond donors (Lipinski definition) is 0. The van der Waals surface area contributed by atoms with Gasteiger partial charge in [0.25, 0.3) is 0 Å². The van der Waals surface area contributed by atoms with Crippen molar-refractivity contribution in [2.24, 2.45) is 0 Å². The predicted octanol–water partition coefficient (Wildman–Crippen LogP) is 3.13. The van der Waals surface area contributed by atoms with Crippen LogP contribution in [0.5, 0.6) is 5.75 Å². The highest BCUT2D eigenvalue weighted by Gasteiger charge is 2.01. The van der Waals surface area contributed by atoms with Gasteiger partial charge in [0.1, 0.15) is 11.2 Å². The van der Waals surface area contributed by atoms with Gasteiger partial charge in [0.05, 0.1) is 5.69 Å². The van der Waals surface area contributed by atoms with Gasteiger partial charge in [-0.2, -0.15) is 0 Å². The van der Waals surface area contributed by atoms with Crippen LogP contribution >= 0.6 is 15.9 Å². The van der Waals surface area contributed by atoms with Crippen LogP contribution in [-0.2, 0) is 6.61 Å². The van der Waals surface area contributed by atoms with E-state index in [1.807, 2.05) is 37.3 Å². The summed E-state index contributed by atoms with van der Waals surface area (Å²) in [6.45, 7) is 2.41. The Kier molecular flexibility index (Phi) is 3.51. The topological polar surface area (TPSA) is 35.0 Å². The molecule has 0 fully saturated rings. The lowest BCUT2D eigenvalue weighted by atomic mass is 10.3. The molecule has 0 aliphatic carbocycles. The van der Waals surface area contributed by atoms with Gasteiger partial charge in [0.2, 0.25) is 0 Å². The van der Waals surface area contributed by atoms with E-state index in [9.17, 15) is 0 Å². The number of pyridine rings is 2. The van der Waals surface area contributed by atoms with Crippen molar-refractivity contribution in [2.75, 3.05) is 0 Å². The van der Waals surface area contributed by atoms with E-state index in [2.05, 4.69) is 25.9 Å². The minimum Gasteiger partial charge on any atom is -0.484 e. The lowest BCUT2D eigenvalue weighted by Crippen LogP contribution is -1.99. The zero-order chi connectivity index (χ0) is 11.4. The summed E-state index contributed by atoms with van der Waals surface area (Å²) in [5.74, 6) is 0.728. The van der Waals surface area contributed by atoms with Gasteiger partial charge in [0.15, 0.2) is 5.75 Å². The van der Waals surface area contributed by atoms with Gasteiger partial charge in [-0.15, -0.1) is 0 Å². The molecule has 0 aromatic carbocycles. The third-order valence-corrected chi connectivity index (χ3v) is 2.64. The fraction of sp³-hybridized carbons (Fsp3) is 0.167. The molecule has 0 saturated carbocycles. The second-order valence-corrected chi connectivity index (χ2v) is 4.10. The van der Waals surface area contributed by atoms with Gasteiger partial charge < -0.3 is 4.74 Å². The third-order valence-electron chi connectivity index (χ3n) is 2.05. The molecule has 0 radical (unpaired) electrons. The smallest absolute Gasteiger partial charge is 0.152 e. The van der Waals surface area contributed by atoms with Gasteiger partial charge in [-0.3, -0.25) is 4.98 Å². The van der Waals surface area contributed by atoms with Crippen LogP contribution in [0.1, 0.15) is 11.4 Å². The molecule has 2 rings (SSSR count). The molecule has 0 atom stereocenters. The van der Waals surface area contributed by atoms with Crippen LogP contribution in [0.15, 0.2) is 41.1 Å².